The van der Waals surface area contributed by atoms with Gasteiger partial charge in [0.1, 0.15) is 5.75 Å². The molecule has 22 heavy (non-hydrogen) atoms. The third kappa shape index (κ3) is 3.46. The molecule has 1 atom stereocenters. The number of hydrogen-bond acceptors (Lipinski definition) is 2. The molecule has 3 nitrogen and oxygen atoms in total. The first-order valence-electron chi connectivity index (χ1n) is 8.55. The van der Waals surface area contributed by atoms with Crippen LogP contribution in [0.25, 0.3) is 10.9 Å². The van der Waals surface area contributed by atoms with Crippen LogP contribution in [0.5, 0.6) is 5.75 Å². The van der Waals surface area contributed by atoms with Gasteiger partial charge in [-0.05, 0) is 57.5 Å². The van der Waals surface area contributed by atoms with Crippen molar-refractivity contribution < 1.29 is 4.74 Å². The van der Waals surface area contributed by atoms with Crippen LogP contribution in [0.1, 0.15) is 51.3 Å². The van der Waals surface area contributed by atoms with E-state index in [0.29, 0.717) is 0 Å². The van der Waals surface area contributed by atoms with Gasteiger partial charge in [0.25, 0.3) is 0 Å². The van der Waals surface area contributed by atoms with Gasteiger partial charge in [-0.1, -0.05) is 20.3 Å². The minimum Gasteiger partial charge on any atom is -0.491 e. The number of aryl methyl sites for hydroxylation is 1. The second-order valence-electron chi connectivity index (χ2n) is 6.12. The molecular weight excluding hydrogens is 272 g/mol. The van der Waals surface area contributed by atoms with Crippen molar-refractivity contribution in [3.8, 4) is 5.75 Å². The Labute approximate surface area is 134 Å². The second-order valence-corrected chi connectivity index (χ2v) is 6.12. The lowest BCUT2D eigenvalue weighted by Gasteiger charge is -2.13. The molecule has 0 amide bonds. The van der Waals surface area contributed by atoms with Gasteiger partial charge in [0.05, 0.1) is 6.10 Å². The number of unbranched alkanes of at least 4 members (excludes halogenated alkanes) is 1. The second kappa shape index (κ2) is 7.68. The zero-order valence-electron chi connectivity index (χ0n) is 14.7. The lowest BCUT2D eigenvalue weighted by molar-refractivity contribution is 0.217. The molecule has 0 aliphatic heterocycles. The Balaban J connectivity index is 2.47. The summed E-state index contributed by atoms with van der Waals surface area (Å²) in [6.45, 7) is 10.7. The predicted molar refractivity (Wildman–Crippen MR) is 94.7 cm³/mol. The number of benzene rings is 1. The molecule has 1 N–H and O–H groups in total. The fourth-order valence-corrected chi connectivity index (χ4v) is 2.92. The fraction of sp³-hybridized carbons (Fsp3) is 0.579. The van der Waals surface area contributed by atoms with Crippen molar-refractivity contribution in [3.05, 3.63) is 29.5 Å². The van der Waals surface area contributed by atoms with Gasteiger partial charge in [0.2, 0.25) is 0 Å². The zero-order chi connectivity index (χ0) is 16.1. The smallest absolute Gasteiger partial charge is 0.120 e. The van der Waals surface area contributed by atoms with E-state index in [1.54, 1.807) is 0 Å². The summed E-state index contributed by atoms with van der Waals surface area (Å²) in [6.07, 6.45) is 3.72. The van der Waals surface area contributed by atoms with Crippen LogP contribution in [-0.2, 0) is 13.1 Å². The van der Waals surface area contributed by atoms with Gasteiger partial charge < -0.3 is 14.6 Å². The first-order chi connectivity index (χ1) is 10.6. The Morgan fingerprint density at radius 2 is 2.05 bits per heavy atom. The molecule has 122 valence electrons. The third-order valence-electron chi connectivity index (χ3n) is 4.43. The minimum atomic E-state index is 0.258. The molecule has 0 bridgehead atoms. The standard InChI is InChI=1S/C19H30N2O/c1-6-8-11-21-15(4)18(13-20-5)17-12-16(9-10-19(17)21)22-14(3)7-2/h9-10,12,14,20H,6-8,11,13H2,1-5H3/t14-/m1/s1. The van der Waals surface area contributed by atoms with Crippen LogP contribution in [-0.4, -0.2) is 17.7 Å². The van der Waals surface area contributed by atoms with Crippen molar-refractivity contribution in [3.63, 3.8) is 0 Å². The number of nitrogens with one attached hydrogen (secondary N) is 1. The van der Waals surface area contributed by atoms with Gasteiger partial charge >= 0.3 is 0 Å². The average molecular weight is 302 g/mol. The number of ether oxygens (including phenoxy) is 1. The van der Waals surface area contributed by atoms with Crippen LogP contribution in [0.3, 0.4) is 0 Å². The Morgan fingerprint density at radius 3 is 2.68 bits per heavy atom. The van der Waals surface area contributed by atoms with E-state index < -0.39 is 0 Å². The molecule has 0 unspecified atom stereocenters. The normalized spacial score (nSPS) is 12.8. The van der Waals surface area contributed by atoms with Crippen LogP contribution in [0.15, 0.2) is 18.2 Å². The highest BCUT2D eigenvalue weighted by Crippen LogP contribution is 2.30. The summed E-state index contributed by atoms with van der Waals surface area (Å²) >= 11 is 0. The lowest BCUT2D eigenvalue weighted by atomic mass is 10.1. The molecule has 2 rings (SSSR count). The molecule has 0 aliphatic carbocycles. The number of fused-ring (bicyclic) bond motifs is 1. The van der Waals surface area contributed by atoms with E-state index in [2.05, 4.69) is 55.8 Å². The summed E-state index contributed by atoms with van der Waals surface area (Å²) in [6, 6.07) is 6.54. The van der Waals surface area contributed by atoms with Crippen molar-refractivity contribution >= 4 is 10.9 Å². The monoisotopic (exact) mass is 302 g/mol. The highest BCUT2D eigenvalue weighted by molar-refractivity contribution is 5.87. The van der Waals surface area contributed by atoms with Gasteiger partial charge in [0, 0.05) is 29.7 Å². The van der Waals surface area contributed by atoms with E-state index in [1.807, 2.05) is 7.05 Å². The molecule has 1 aromatic heterocycles. The van der Waals surface area contributed by atoms with Gasteiger partial charge in [-0.3, -0.25) is 0 Å². The quantitative estimate of drug-likeness (QED) is 0.768. The maximum absolute atomic E-state index is 6.01. The average Bonchev–Trinajstić information content (AvgIpc) is 2.77. The molecule has 0 saturated carbocycles. The molecule has 0 radical (unpaired) electrons. The third-order valence-corrected chi connectivity index (χ3v) is 4.43. The first kappa shape index (κ1) is 16.9. The van der Waals surface area contributed by atoms with E-state index in [4.69, 9.17) is 4.74 Å². The van der Waals surface area contributed by atoms with Gasteiger partial charge in [-0.25, -0.2) is 0 Å². The summed E-state index contributed by atoms with van der Waals surface area (Å²) in [5, 5.41) is 4.63. The Kier molecular flexibility index (Phi) is 5.90. The van der Waals surface area contributed by atoms with Crippen molar-refractivity contribution in [2.45, 2.75) is 66.2 Å². The van der Waals surface area contributed by atoms with Crippen LogP contribution in [0, 0.1) is 6.92 Å². The summed E-state index contributed by atoms with van der Waals surface area (Å²) in [4.78, 5) is 0. The van der Waals surface area contributed by atoms with E-state index in [-0.39, 0.29) is 6.10 Å². The highest BCUT2D eigenvalue weighted by atomic mass is 16.5. The molecule has 0 spiro atoms. The molecular formula is C19H30N2O. The summed E-state index contributed by atoms with van der Waals surface area (Å²) in [5.41, 5.74) is 4.09. The van der Waals surface area contributed by atoms with E-state index in [9.17, 15) is 0 Å². The zero-order valence-corrected chi connectivity index (χ0v) is 14.7. The van der Waals surface area contributed by atoms with Gasteiger partial charge in [-0.2, -0.15) is 0 Å². The highest BCUT2D eigenvalue weighted by Gasteiger charge is 2.14. The van der Waals surface area contributed by atoms with Crippen LogP contribution in [0.4, 0.5) is 0 Å². The number of nitrogens with zero attached hydrogens (tertiary/aromatic N) is 1. The first-order valence-corrected chi connectivity index (χ1v) is 8.55. The van der Waals surface area contributed by atoms with Crippen molar-refractivity contribution in [1.29, 1.82) is 0 Å². The number of rotatable bonds is 8. The Bertz CT molecular complexity index is 615. The molecule has 2 aromatic rings. The molecule has 1 aromatic carbocycles. The number of hydrogen-bond donors (Lipinski definition) is 1. The van der Waals surface area contributed by atoms with Gasteiger partial charge in [-0.15, -0.1) is 0 Å². The summed E-state index contributed by atoms with van der Waals surface area (Å²) < 4.78 is 8.46. The van der Waals surface area contributed by atoms with E-state index in [1.165, 1.54) is 35.0 Å². The van der Waals surface area contributed by atoms with Crippen LogP contribution in [0.2, 0.25) is 0 Å². The van der Waals surface area contributed by atoms with Gasteiger partial charge in [0.15, 0.2) is 0 Å². The summed E-state index contributed by atoms with van der Waals surface area (Å²) in [5.74, 6) is 0.979. The van der Waals surface area contributed by atoms with Crippen molar-refractivity contribution in [2.24, 2.45) is 0 Å². The molecule has 0 saturated heterocycles. The van der Waals surface area contributed by atoms with E-state index in [0.717, 1.165) is 25.3 Å². The van der Waals surface area contributed by atoms with E-state index >= 15 is 0 Å². The molecule has 0 aliphatic rings. The lowest BCUT2D eigenvalue weighted by Crippen LogP contribution is -2.09. The van der Waals surface area contributed by atoms with Crippen LogP contribution < -0.4 is 10.1 Å². The van der Waals surface area contributed by atoms with Crippen molar-refractivity contribution in [2.75, 3.05) is 7.05 Å². The Hall–Kier alpha value is -1.48. The minimum absolute atomic E-state index is 0.258. The topological polar surface area (TPSA) is 26.2 Å². The number of aromatic nitrogens is 1. The summed E-state index contributed by atoms with van der Waals surface area (Å²) in [7, 11) is 2.01. The maximum Gasteiger partial charge on any atom is 0.120 e. The predicted octanol–water partition coefficient (Wildman–Crippen LogP) is 4.65. The van der Waals surface area contributed by atoms with Crippen molar-refractivity contribution in [1.82, 2.24) is 9.88 Å². The SMILES string of the molecule is CCCCn1c(C)c(CNC)c2cc(O[C@H](C)CC)ccc21. The molecule has 0 fully saturated rings. The largest absolute Gasteiger partial charge is 0.491 e. The fourth-order valence-electron chi connectivity index (χ4n) is 2.92. The molecule has 3 heteroatoms. The Morgan fingerprint density at radius 1 is 1.27 bits per heavy atom. The maximum atomic E-state index is 6.01. The van der Waals surface area contributed by atoms with Crippen LogP contribution >= 0.6 is 0 Å². The molecule has 1 heterocycles.